The number of halogens is 3. The van der Waals surface area contributed by atoms with Crippen LogP contribution in [-0.4, -0.2) is 24.0 Å². The normalized spacial score (nSPS) is 45.6. The highest BCUT2D eigenvalue weighted by atomic mass is 19.4. The summed E-state index contributed by atoms with van der Waals surface area (Å²) in [7, 11) is 0. The first-order chi connectivity index (χ1) is 13.0. The molecule has 0 aromatic rings. The van der Waals surface area contributed by atoms with E-state index < -0.39 is 17.5 Å². The van der Waals surface area contributed by atoms with E-state index >= 15 is 0 Å². The molecular weight excluding hydrogens is 369 g/mol. The topological polar surface area (TPSA) is 43.4 Å². The molecule has 156 valence electrons. The highest BCUT2D eigenvalue weighted by Crippen LogP contribution is 2.68. The number of fused-ring (bicyclic) bond motifs is 5. The van der Waals surface area contributed by atoms with Gasteiger partial charge in [-0.05, 0) is 73.3 Å². The second kappa shape index (κ2) is 6.33. The summed E-state index contributed by atoms with van der Waals surface area (Å²) in [5.41, 5.74) is -0.473. The second-order valence-electron chi connectivity index (χ2n) is 9.91. The van der Waals surface area contributed by atoms with E-state index in [2.05, 4.69) is 6.92 Å². The Hall–Kier alpha value is -1.33. The SMILES string of the molecule is CC(=O)O[C@H]1CC[C@H]2[C@@H]3C[C@H](C(F)(F)F)C4=CC(=O)CC[C@]4(C)[C@H]3CC[C@]12C. The highest BCUT2D eigenvalue weighted by Gasteiger charge is 2.64. The number of hydrogen-bond acceptors (Lipinski definition) is 3. The quantitative estimate of drug-likeness (QED) is 0.568. The number of esters is 1. The predicted molar refractivity (Wildman–Crippen MR) is 97.2 cm³/mol. The van der Waals surface area contributed by atoms with Crippen LogP contribution in [0.1, 0.15) is 65.7 Å². The number of ether oxygens (including phenoxy) is 1. The van der Waals surface area contributed by atoms with Crippen molar-refractivity contribution in [1.82, 2.24) is 0 Å². The first-order valence-electron chi connectivity index (χ1n) is 10.5. The summed E-state index contributed by atoms with van der Waals surface area (Å²) in [6, 6.07) is 0. The molecule has 3 fully saturated rings. The Morgan fingerprint density at radius 2 is 1.86 bits per heavy atom. The van der Waals surface area contributed by atoms with Crippen molar-refractivity contribution >= 4 is 11.8 Å². The van der Waals surface area contributed by atoms with Crippen molar-refractivity contribution in [3.8, 4) is 0 Å². The summed E-state index contributed by atoms with van der Waals surface area (Å²) < 4.78 is 47.7. The van der Waals surface area contributed by atoms with Crippen molar-refractivity contribution in [2.45, 2.75) is 78.0 Å². The molecule has 0 amide bonds. The number of allylic oxidation sites excluding steroid dienone is 1. The van der Waals surface area contributed by atoms with Crippen molar-refractivity contribution in [3.63, 3.8) is 0 Å². The number of rotatable bonds is 1. The third-order valence-corrected chi connectivity index (χ3v) is 8.62. The van der Waals surface area contributed by atoms with Crippen LogP contribution < -0.4 is 0 Å². The van der Waals surface area contributed by atoms with Gasteiger partial charge in [0.25, 0.3) is 0 Å². The average Bonchev–Trinajstić information content (AvgIpc) is 2.90. The van der Waals surface area contributed by atoms with Crippen molar-refractivity contribution in [2.75, 3.05) is 0 Å². The molecule has 4 aliphatic carbocycles. The van der Waals surface area contributed by atoms with Crippen molar-refractivity contribution in [1.29, 1.82) is 0 Å². The molecule has 3 saturated carbocycles. The third-order valence-electron chi connectivity index (χ3n) is 8.62. The Labute approximate surface area is 164 Å². The summed E-state index contributed by atoms with van der Waals surface area (Å²) in [4.78, 5) is 23.5. The average molecular weight is 398 g/mol. The van der Waals surface area contributed by atoms with Gasteiger partial charge in [0.05, 0.1) is 5.92 Å². The number of ketones is 1. The van der Waals surface area contributed by atoms with Gasteiger partial charge in [0, 0.05) is 18.8 Å². The van der Waals surface area contributed by atoms with Gasteiger partial charge >= 0.3 is 12.1 Å². The summed E-state index contributed by atoms with van der Waals surface area (Å²) in [5, 5.41) is 0. The zero-order valence-corrected chi connectivity index (χ0v) is 16.8. The van der Waals surface area contributed by atoms with Crippen LogP contribution in [0, 0.1) is 34.5 Å². The minimum Gasteiger partial charge on any atom is -0.462 e. The van der Waals surface area contributed by atoms with E-state index in [-0.39, 0.29) is 47.4 Å². The monoisotopic (exact) mass is 398 g/mol. The molecule has 4 aliphatic rings. The minimum absolute atomic E-state index is 0.0405. The van der Waals surface area contributed by atoms with Crippen molar-refractivity contribution < 1.29 is 27.5 Å². The van der Waals surface area contributed by atoms with E-state index in [0.717, 1.165) is 25.7 Å². The first-order valence-corrected chi connectivity index (χ1v) is 10.5. The first kappa shape index (κ1) is 20.0. The Morgan fingerprint density at radius 3 is 2.50 bits per heavy atom. The molecule has 6 heteroatoms. The van der Waals surface area contributed by atoms with Gasteiger partial charge in [-0.1, -0.05) is 13.8 Å². The predicted octanol–water partition coefficient (Wildman–Crippen LogP) is 5.24. The molecule has 3 nitrogen and oxygen atoms in total. The van der Waals surface area contributed by atoms with Gasteiger partial charge in [-0.3, -0.25) is 9.59 Å². The standard InChI is InChI=1S/C22H29F3O3/c1-12(26)28-19-5-4-15-14-11-18(22(23,24)25)17-10-13(27)6-8-20(17,2)16(14)7-9-21(15,19)3/h10,14-16,18-19H,4-9,11H2,1-3H3/t14-,15-,16-,18-,19-,20+,21-/m0/s1. The highest BCUT2D eigenvalue weighted by molar-refractivity contribution is 5.91. The lowest BCUT2D eigenvalue weighted by Gasteiger charge is -2.59. The molecule has 0 bridgehead atoms. The lowest BCUT2D eigenvalue weighted by molar-refractivity contribution is -0.196. The number of alkyl halides is 3. The van der Waals surface area contributed by atoms with Gasteiger partial charge in [-0.2, -0.15) is 13.2 Å². The number of carbonyl (C=O) groups excluding carboxylic acids is 2. The molecule has 0 spiro atoms. The summed E-state index contributed by atoms with van der Waals surface area (Å²) in [5.74, 6) is -1.75. The maximum Gasteiger partial charge on any atom is 0.395 e. The van der Waals surface area contributed by atoms with Crippen LogP contribution in [0.4, 0.5) is 13.2 Å². The van der Waals surface area contributed by atoms with Crippen LogP contribution in [0.25, 0.3) is 0 Å². The van der Waals surface area contributed by atoms with E-state index in [1.165, 1.54) is 13.0 Å². The molecule has 0 radical (unpaired) electrons. The van der Waals surface area contributed by atoms with Gasteiger partial charge in [-0.15, -0.1) is 0 Å². The minimum atomic E-state index is -4.34. The fourth-order valence-electron chi connectivity index (χ4n) is 7.30. The van der Waals surface area contributed by atoms with Crippen LogP contribution in [0.5, 0.6) is 0 Å². The Kier molecular flexibility index (Phi) is 4.51. The van der Waals surface area contributed by atoms with Crippen molar-refractivity contribution in [2.24, 2.45) is 34.5 Å². The fraction of sp³-hybridized carbons (Fsp3) is 0.818. The van der Waals surface area contributed by atoms with Crippen LogP contribution in [0.2, 0.25) is 0 Å². The van der Waals surface area contributed by atoms with Crippen LogP contribution in [0.3, 0.4) is 0 Å². The van der Waals surface area contributed by atoms with Gasteiger partial charge in [0.1, 0.15) is 6.10 Å². The molecule has 0 saturated heterocycles. The van der Waals surface area contributed by atoms with E-state index in [0.29, 0.717) is 18.4 Å². The largest absolute Gasteiger partial charge is 0.462 e. The Bertz CT molecular complexity index is 727. The Balaban J connectivity index is 1.73. The molecule has 7 atom stereocenters. The molecule has 0 aliphatic heterocycles. The molecule has 4 rings (SSSR count). The molecule has 28 heavy (non-hydrogen) atoms. The maximum absolute atomic E-state index is 14.0. The second-order valence-corrected chi connectivity index (χ2v) is 9.91. The van der Waals surface area contributed by atoms with Gasteiger partial charge in [0.15, 0.2) is 5.78 Å². The summed E-state index contributed by atoms with van der Waals surface area (Å²) in [6.07, 6.45) is 0.959. The van der Waals surface area contributed by atoms with E-state index in [4.69, 9.17) is 4.74 Å². The van der Waals surface area contributed by atoms with Gasteiger partial charge in [0.2, 0.25) is 0 Å². The van der Waals surface area contributed by atoms with Gasteiger partial charge in [-0.25, -0.2) is 0 Å². The van der Waals surface area contributed by atoms with Gasteiger partial charge < -0.3 is 4.74 Å². The van der Waals surface area contributed by atoms with Crippen molar-refractivity contribution in [3.05, 3.63) is 11.6 Å². The molecule has 0 unspecified atom stereocenters. The molecular formula is C22H29F3O3. The van der Waals surface area contributed by atoms with E-state index in [9.17, 15) is 22.8 Å². The third kappa shape index (κ3) is 2.85. The molecule has 0 N–H and O–H groups in total. The fourth-order valence-corrected chi connectivity index (χ4v) is 7.30. The Morgan fingerprint density at radius 1 is 1.14 bits per heavy atom. The smallest absolute Gasteiger partial charge is 0.395 e. The number of carbonyl (C=O) groups is 2. The van der Waals surface area contributed by atoms with Crippen LogP contribution in [0.15, 0.2) is 11.6 Å². The zero-order valence-electron chi connectivity index (χ0n) is 16.8. The zero-order chi connectivity index (χ0) is 20.5. The lowest BCUT2D eigenvalue weighted by atomic mass is 9.45. The van der Waals surface area contributed by atoms with E-state index in [1.54, 1.807) is 0 Å². The maximum atomic E-state index is 14.0. The number of hydrogen-bond donors (Lipinski definition) is 0. The van der Waals surface area contributed by atoms with E-state index in [1.807, 2.05) is 6.92 Å². The molecule has 0 aromatic carbocycles. The molecule has 0 aromatic heterocycles. The summed E-state index contributed by atoms with van der Waals surface area (Å²) in [6.45, 7) is 5.47. The lowest BCUT2D eigenvalue weighted by Crippen LogP contribution is -2.55. The van der Waals surface area contributed by atoms with Crippen LogP contribution >= 0.6 is 0 Å². The molecule has 0 heterocycles. The van der Waals surface area contributed by atoms with Crippen LogP contribution in [-0.2, 0) is 14.3 Å². The summed E-state index contributed by atoms with van der Waals surface area (Å²) >= 11 is 0.